The van der Waals surface area contributed by atoms with Gasteiger partial charge in [0.05, 0.1) is 12.7 Å². The van der Waals surface area contributed by atoms with Crippen LogP contribution in [0.25, 0.3) is 0 Å². The minimum atomic E-state index is -0.365. The van der Waals surface area contributed by atoms with E-state index in [0.717, 1.165) is 38.3 Å². The maximum Gasteiger partial charge on any atom is 0.249 e. The number of hydrogen-bond donors (Lipinski definition) is 2. The second-order valence-electron chi connectivity index (χ2n) is 4.81. The standard InChI is InChI=1S/C14H21N3O2/c1-16-8-12-10-17(6-7-19-12)9-11-4-2-3-5-13(11)14(15)18/h2-5,12,16H,6-10H2,1H3,(H2,15,18). The number of primary amides is 1. The average molecular weight is 263 g/mol. The lowest BCUT2D eigenvalue weighted by molar-refractivity contribution is -0.0291. The lowest BCUT2D eigenvalue weighted by atomic mass is 10.1. The van der Waals surface area contributed by atoms with Gasteiger partial charge in [-0.25, -0.2) is 0 Å². The largest absolute Gasteiger partial charge is 0.374 e. The Hall–Kier alpha value is -1.43. The number of carbonyl (C=O) groups excluding carboxylic acids is 1. The number of benzene rings is 1. The Labute approximate surface area is 113 Å². The molecule has 1 saturated heterocycles. The van der Waals surface area contributed by atoms with E-state index in [9.17, 15) is 4.79 Å². The van der Waals surface area contributed by atoms with Crippen molar-refractivity contribution < 1.29 is 9.53 Å². The molecular weight excluding hydrogens is 242 g/mol. The fourth-order valence-corrected chi connectivity index (χ4v) is 2.41. The molecule has 0 radical (unpaired) electrons. The van der Waals surface area contributed by atoms with Crippen molar-refractivity contribution in [3.05, 3.63) is 35.4 Å². The van der Waals surface area contributed by atoms with Gasteiger partial charge in [0.25, 0.3) is 0 Å². The Balaban J connectivity index is 2.02. The summed E-state index contributed by atoms with van der Waals surface area (Å²) in [5, 5.41) is 3.13. The monoisotopic (exact) mass is 263 g/mol. The highest BCUT2D eigenvalue weighted by atomic mass is 16.5. The molecule has 19 heavy (non-hydrogen) atoms. The number of amides is 1. The summed E-state index contributed by atoms with van der Waals surface area (Å²) in [6.45, 7) is 4.06. The van der Waals surface area contributed by atoms with Crippen LogP contribution in [0.5, 0.6) is 0 Å². The highest BCUT2D eigenvalue weighted by molar-refractivity contribution is 5.94. The van der Waals surface area contributed by atoms with Gasteiger partial charge in [-0.15, -0.1) is 0 Å². The molecule has 1 amide bonds. The van der Waals surface area contributed by atoms with Gasteiger partial charge in [-0.3, -0.25) is 9.69 Å². The molecule has 1 heterocycles. The molecule has 2 rings (SSSR count). The molecule has 0 saturated carbocycles. The van der Waals surface area contributed by atoms with Crippen LogP contribution in [0.15, 0.2) is 24.3 Å². The Kier molecular flexibility index (Phi) is 4.90. The Morgan fingerprint density at radius 3 is 3.05 bits per heavy atom. The molecule has 5 nitrogen and oxygen atoms in total. The van der Waals surface area contributed by atoms with Crippen molar-refractivity contribution >= 4 is 5.91 Å². The van der Waals surface area contributed by atoms with Crippen molar-refractivity contribution in [3.8, 4) is 0 Å². The molecular formula is C14H21N3O2. The fraction of sp³-hybridized carbons (Fsp3) is 0.500. The third-order valence-corrected chi connectivity index (χ3v) is 3.33. The number of likely N-dealkylation sites (N-methyl/N-ethyl adjacent to an activating group) is 1. The van der Waals surface area contributed by atoms with Crippen molar-refractivity contribution in [2.75, 3.05) is 33.3 Å². The molecule has 5 heteroatoms. The van der Waals surface area contributed by atoms with Gasteiger partial charge in [0.2, 0.25) is 5.91 Å². The molecule has 1 aliphatic rings. The number of carbonyl (C=O) groups is 1. The van der Waals surface area contributed by atoms with E-state index in [1.165, 1.54) is 0 Å². The second-order valence-corrected chi connectivity index (χ2v) is 4.81. The quantitative estimate of drug-likeness (QED) is 0.796. The third kappa shape index (κ3) is 3.76. The van der Waals surface area contributed by atoms with Crippen molar-refractivity contribution in [1.82, 2.24) is 10.2 Å². The van der Waals surface area contributed by atoms with Crippen LogP contribution in [-0.4, -0.2) is 50.2 Å². The summed E-state index contributed by atoms with van der Waals surface area (Å²) in [5.74, 6) is -0.365. The lowest BCUT2D eigenvalue weighted by Crippen LogP contribution is -2.45. The second kappa shape index (κ2) is 6.65. The summed E-state index contributed by atoms with van der Waals surface area (Å²) in [6, 6.07) is 7.52. The highest BCUT2D eigenvalue weighted by Gasteiger charge is 2.21. The predicted octanol–water partition coefficient (Wildman–Crippen LogP) is 0.206. The van der Waals surface area contributed by atoms with E-state index in [4.69, 9.17) is 10.5 Å². The number of rotatable bonds is 5. The van der Waals surface area contributed by atoms with Gasteiger partial charge in [-0.2, -0.15) is 0 Å². The van der Waals surface area contributed by atoms with Crippen LogP contribution < -0.4 is 11.1 Å². The zero-order valence-corrected chi connectivity index (χ0v) is 11.3. The molecule has 0 aromatic heterocycles. The zero-order chi connectivity index (χ0) is 13.7. The van der Waals surface area contributed by atoms with Gasteiger partial charge < -0.3 is 15.8 Å². The van der Waals surface area contributed by atoms with Crippen LogP contribution in [0.4, 0.5) is 0 Å². The van der Waals surface area contributed by atoms with Crippen LogP contribution >= 0.6 is 0 Å². The average Bonchev–Trinajstić information content (AvgIpc) is 2.40. The summed E-state index contributed by atoms with van der Waals surface area (Å²) in [5.41, 5.74) is 7.00. The number of nitrogens with zero attached hydrogens (tertiary/aromatic N) is 1. The summed E-state index contributed by atoms with van der Waals surface area (Å²) >= 11 is 0. The van der Waals surface area contributed by atoms with Crippen LogP contribution in [-0.2, 0) is 11.3 Å². The summed E-state index contributed by atoms with van der Waals surface area (Å²) in [7, 11) is 1.92. The maximum atomic E-state index is 11.4. The van der Waals surface area contributed by atoms with E-state index < -0.39 is 0 Å². The molecule has 1 aromatic carbocycles. The maximum absolute atomic E-state index is 11.4. The SMILES string of the molecule is CNCC1CN(Cc2ccccc2C(N)=O)CCO1. The Morgan fingerprint density at radius 2 is 2.32 bits per heavy atom. The van der Waals surface area contributed by atoms with Gasteiger partial charge in [0.1, 0.15) is 0 Å². The Morgan fingerprint density at radius 1 is 1.53 bits per heavy atom. The lowest BCUT2D eigenvalue weighted by Gasteiger charge is -2.33. The van der Waals surface area contributed by atoms with Gasteiger partial charge in [0.15, 0.2) is 0 Å². The number of nitrogens with one attached hydrogen (secondary N) is 1. The first-order chi connectivity index (χ1) is 9.20. The van der Waals surface area contributed by atoms with Gasteiger partial charge in [-0.05, 0) is 18.7 Å². The number of ether oxygens (including phenoxy) is 1. The summed E-state index contributed by atoms with van der Waals surface area (Å²) < 4.78 is 5.67. The van der Waals surface area contributed by atoms with Crippen molar-refractivity contribution in [2.24, 2.45) is 5.73 Å². The van der Waals surface area contributed by atoms with Crippen molar-refractivity contribution in [3.63, 3.8) is 0 Å². The highest BCUT2D eigenvalue weighted by Crippen LogP contribution is 2.14. The van der Waals surface area contributed by atoms with Crippen LogP contribution in [0.3, 0.4) is 0 Å². The first-order valence-corrected chi connectivity index (χ1v) is 6.57. The molecule has 0 bridgehead atoms. The van der Waals surface area contributed by atoms with Crippen molar-refractivity contribution in [1.29, 1.82) is 0 Å². The molecule has 1 unspecified atom stereocenters. The van der Waals surface area contributed by atoms with E-state index in [-0.39, 0.29) is 12.0 Å². The van der Waals surface area contributed by atoms with E-state index in [1.807, 2.05) is 25.2 Å². The van der Waals surface area contributed by atoms with E-state index in [2.05, 4.69) is 10.2 Å². The molecule has 104 valence electrons. The van der Waals surface area contributed by atoms with E-state index >= 15 is 0 Å². The first-order valence-electron chi connectivity index (χ1n) is 6.57. The smallest absolute Gasteiger partial charge is 0.249 e. The van der Waals surface area contributed by atoms with Gasteiger partial charge in [-0.1, -0.05) is 18.2 Å². The predicted molar refractivity (Wildman–Crippen MR) is 73.9 cm³/mol. The summed E-state index contributed by atoms with van der Waals surface area (Å²) in [4.78, 5) is 13.7. The molecule has 1 aromatic rings. The molecule has 1 atom stereocenters. The van der Waals surface area contributed by atoms with Gasteiger partial charge >= 0.3 is 0 Å². The minimum Gasteiger partial charge on any atom is -0.374 e. The normalized spacial score (nSPS) is 20.4. The molecule has 0 spiro atoms. The fourth-order valence-electron chi connectivity index (χ4n) is 2.41. The van der Waals surface area contributed by atoms with E-state index in [0.29, 0.717) is 5.56 Å². The van der Waals surface area contributed by atoms with Crippen LogP contribution in [0.1, 0.15) is 15.9 Å². The number of nitrogens with two attached hydrogens (primary N) is 1. The number of hydrogen-bond acceptors (Lipinski definition) is 4. The Bertz CT molecular complexity index is 434. The zero-order valence-electron chi connectivity index (χ0n) is 11.3. The topological polar surface area (TPSA) is 67.6 Å². The van der Waals surface area contributed by atoms with Crippen LogP contribution in [0, 0.1) is 0 Å². The molecule has 1 fully saturated rings. The molecule has 1 aliphatic heterocycles. The van der Waals surface area contributed by atoms with Crippen LogP contribution in [0.2, 0.25) is 0 Å². The third-order valence-electron chi connectivity index (χ3n) is 3.33. The minimum absolute atomic E-state index is 0.208. The van der Waals surface area contributed by atoms with E-state index in [1.54, 1.807) is 6.07 Å². The molecule has 3 N–H and O–H groups in total. The van der Waals surface area contributed by atoms with Crippen molar-refractivity contribution in [2.45, 2.75) is 12.6 Å². The summed E-state index contributed by atoms with van der Waals surface area (Å²) in [6.07, 6.45) is 0.208. The number of morpholine rings is 1. The van der Waals surface area contributed by atoms with Gasteiger partial charge in [0, 0.05) is 31.7 Å². The first kappa shape index (κ1) is 14.0. The molecule has 0 aliphatic carbocycles.